The zero-order chi connectivity index (χ0) is 8.44. The minimum atomic E-state index is 0. The molecule has 1 unspecified atom stereocenters. The molecule has 1 fully saturated rings. The lowest BCUT2D eigenvalue weighted by Gasteiger charge is -2.22. The summed E-state index contributed by atoms with van der Waals surface area (Å²) in [6.45, 7) is 4.51. The van der Waals surface area contributed by atoms with E-state index in [1.54, 1.807) is 0 Å². The first kappa shape index (κ1) is 13.7. The molecular formula is C10H16Cl2N2. The van der Waals surface area contributed by atoms with Crippen molar-refractivity contribution in [2.75, 3.05) is 13.1 Å². The molecule has 0 aliphatic carbocycles. The third kappa shape index (κ3) is 2.59. The van der Waals surface area contributed by atoms with Crippen molar-refractivity contribution in [3.8, 4) is 0 Å². The average Bonchev–Trinajstić information content (AvgIpc) is 2.55. The molecule has 2 nitrogen and oxygen atoms in total. The predicted molar refractivity (Wildman–Crippen MR) is 63.6 cm³/mol. The molecule has 0 aromatic carbocycles. The SMILES string of the molecule is CC1(c2cccnc2)CCNC1.Cl.Cl. The van der Waals surface area contributed by atoms with Gasteiger partial charge in [-0.1, -0.05) is 13.0 Å². The second-order valence-corrected chi connectivity index (χ2v) is 3.73. The maximum atomic E-state index is 4.15. The lowest BCUT2D eigenvalue weighted by atomic mass is 9.83. The Bertz CT molecular complexity index is 258. The highest BCUT2D eigenvalue weighted by Crippen LogP contribution is 2.28. The van der Waals surface area contributed by atoms with Crippen molar-refractivity contribution in [2.24, 2.45) is 0 Å². The smallest absolute Gasteiger partial charge is 0.0305 e. The van der Waals surface area contributed by atoms with Gasteiger partial charge in [0.1, 0.15) is 0 Å². The van der Waals surface area contributed by atoms with E-state index >= 15 is 0 Å². The van der Waals surface area contributed by atoms with Crippen LogP contribution >= 0.6 is 24.8 Å². The summed E-state index contributed by atoms with van der Waals surface area (Å²) in [5.74, 6) is 0. The van der Waals surface area contributed by atoms with Gasteiger partial charge in [0, 0.05) is 24.4 Å². The van der Waals surface area contributed by atoms with Gasteiger partial charge in [0.05, 0.1) is 0 Å². The van der Waals surface area contributed by atoms with Gasteiger partial charge in [0.2, 0.25) is 0 Å². The molecule has 14 heavy (non-hydrogen) atoms. The Balaban J connectivity index is 0.000000845. The number of halogens is 2. The van der Waals surface area contributed by atoms with Crippen LogP contribution in [0.15, 0.2) is 24.5 Å². The molecule has 1 aromatic rings. The van der Waals surface area contributed by atoms with Crippen molar-refractivity contribution in [3.05, 3.63) is 30.1 Å². The van der Waals surface area contributed by atoms with Crippen LogP contribution in [0.5, 0.6) is 0 Å². The number of aromatic nitrogens is 1. The Morgan fingerprint density at radius 2 is 2.21 bits per heavy atom. The number of rotatable bonds is 1. The van der Waals surface area contributed by atoms with Crippen molar-refractivity contribution >= 4 is 24.8 Å². The molecule has 1 N–H and O–H groups in total. The second kappa shape index (κ2) is 5.54. The minimum absolute atomic E-state index is 0. The summed E-state index contributed by atoms with van der Waals surface area (Å²) >= 11 is 0. The van der Waals surface area contributed by atoms with Gasteiger partial charge in [-0.15, -0.1) is 24.8 Å². The molecule has 1 aliphatic heterocycles. The zero-order valence-corrected chi connectivity index (χ0v) is 9.83. The van der Waals surface area contributed by atoms with Crippen LogP contribution in [0.3, 0.4) is 0 Å². The van der Waals surface area contributed by atoms with Gasteiger partial charge in [-0.25, -0.2) is 0 Å². The highest BCUT2D eigenvalue weighted by Gasteiger charge is 2.30. The lowest BCUT2D eigenvalue weighted by Crippen LogP contribution is -2.24. The fourth-order valence-corrected chi connectivity index (χ4v) is 1.78. The van der Waals surface area contributed by atoms with Gasteiger partial charge in [-0.3, -0.25) is 4.98 Å². The van der Waals surface area contributed by atoms with Gasteiger partial charge in [-0.2, -0.15) is 0 Å². The number of nitrogens with zero attached hydrogens (tertiary/aromatic N) is 1. The molecule has 0 spiro atoms. The Morgan fingerprint density at radius 3 is 2.71 bits per heavy atom. The first-order valence-corrected chi connectivity index (χ1v) is 4.42. The quantitative estimate of drug-likeness (QED) is 0.806. The largest absolute Gasteiger partial charge is 0.316 e. The van der Waals surface area contributed by atoms with Crippen molar-refractivity contribution < 1.29 is 0 Å². The van der Waals surface area contributed by atoms with Gasteiger partial charge in [0.25, 0.3) is 0 Å². The summed E-state index contributed by atoms with van der Waals surface area (Å²) in [6.07, 6.45) is 5.03. The summed E-state index contributed by atoms with van der Waals surface area (Å²) in [5, 5.41) is 3.38. The van der Waals surface area contributed by atoms with Gasteiger partial charge < -0.3 is 5.32 Å². The zero-order valence-electron chi connectivity index (χ0n) is 8.19. The van der Waals surface area contributed by atoms with E-state index in [9.17, 15) is 0 Å². The summed E-state index contributed by atoms with van der Waals surface area (Å²) < 4.78 is 0. The molecule has 0 amide bonds. The molecule has 1 atom stereocenters. The second-order valence-electron chi connectivity index (χ2n) is 3.73. The molecule has 2 rings (SSSR count). The average molecular weight is 235 g/mol. The molecule has 1 aliphatic rings. The van der Waals surface area contributed by atoms with Crippen LogP contribution in [-0.4, -0.2) is 18.1 Å². The number of hydrogen-bond acceptors (Lipinski definition) is 2. The van der Waals surface area contributed by atoms with Crippen molar-refractivity contribution in [1.82, 2.24) is 10.3 Å². The van der Waals surface area contributed by atoms with E-state index in [2.05, 4.69) is 23.3 Å². The molecule has 0 radical (unpaired) electrons. The van der Waals surface area contributed by atoms with Crippen LogP contribution in [0.25, 0.3) is 0 Å². The van der Waals surface area contributed by atoms with Crippen molar-refractivity contribution in [3.63, 3.8) is 0 Å². The normalized spacial score (nSPS) is 24.9. The van der Waals surface area contributed by atoms with E-state index in [0.717, 1.165) is 13.1 Å². The Kier molecular flexibility index (Phi) is 5.42. The molecule has 1 aromatic heterocycles. The van der Waals surface area contributed by atoms with Crippen LogP contribution < -0.4 is 5.32 Å². The Morgan fingerprint density at radius 1 is 1.43 bits per heavy atom. The molecule has 0 bridgehead atoms. The van der Waals surface area contributed by atoms with Gasteiger partial charge >= 0.3 is 0 Å². The maximum Gasteiger partial charge on any atom is 0.0305 e. The molecular weight excluding hydrogens is 219 g/mol. The van der Waals surface area contributed by atoms with E-state index < -0.39 is 0 Å². The highest BCUT2D eigenvalue weighted by atomic mass is 35.5. The predicted octanol–water partition coefficient (Wildman–Crippen LogP) is 2.18. The van der Waals surface area contributed by atoms with E-state index in [-0.39, 0.29) is 24.8 Å². The standard InChI is InChI=1S/C10H14N2.2ClH/c1-10(4-6-12-8-10)9-3-2-5-11-7-9;;/h2-3,5,7,12H,4,6,8H2,1H3;2*1H. The molecule has 80 valence electrons. The molecule has 0 saturated carbocycles. The number of nitrogens with one attached hydrogen (secondary N) is 1. The van der Waals surface area contributed by atoms with Crippen molar-refractivity contribution in [2.45, 2.75) is 18.8 Å². The van der Waals surface area contributed by atoms with Crippen LogP contribution in [0, 0.1) is 0 Å². The minimum Gasteiger partial charge on any atom is -0.316 e. The molecule has 4 heteroatoms. The summed E-state index contributed by atoms with van der Waals surface area (Å²) in [5.41, 5.74) is 1.67. The van der Waals surface area contributed by atoms with Crippen LogP contribution in [0.2, 0.25) is 0 Å². The van der Waals surface area contributed by atoms with Gasteiger partial charge in [0.15, 0.2) is 0 Å². The van der Waals surface area contributed by atoms with E-state index in [1.165, 1.54) is 12.0 Å². The van der Waals surface area contributed by atoms with Crippen LogP contribution in [0.4, 0.5) is 0 Å². The van der Waals surface area contributed by atoms with E-state index in [1.807, 2.05) is 18.5 Å². The summed E-state index contributed by atoms with van der Waals surface area (Å²) in [6, 6.07) is 4.18. The first-order valence-electron chi connectivity index (χ1n) is 4.42. The number of pyridine rings is 1. The topological polar surface area (TPSA) is 24.9 Å². The fraction of sp³-hybridized carbons (Fsp3) is 0.500. The summed E-state index contributed by atoms with van der Waals surface area (Å²) in [4.78, 5) is 4.15. The van der Waals surface area contributed by atoms with E-state index in [0.29, 0.717) is 5.41 Å². The molecule has 1 saturated heterocycles. The lowest BCUT2D eigenvalue weighted by molar-refractivity contribution is 0.523. The molecule has 2 heterocycles. The van der Waals surface area contributed by atoms with Crippen LogP contribution in [-0.2, 0) is 5.41 Å². The summed E-state index contributed by atoms with van der Waals surface area (Å²) in [7, 11) is 0. The van der Waals surface area contributed by atoms with Crippen LogP contribution in [0.1, 0.15) is 18.9 Å². The first-order chi connectivity index (χ1) is 5.81. The fourth-order valence-electron chi connectivity index (χ4n) is 1.78. The van der Waals surface area contributed by atoms with Crippen molar-refractivity contribution in [1.29, 1.82) is 0 Å². The Hall–Kier alpha value is -0.310. The number of hydrogen-bond donors (Lipinski definition) is 1. The third-order valence-electron chi connectivity index (χ3n) is 2.73. The Labute approximate surface area is 97.3 Å². The van der Waals surface area contributed by atoms with E-state index in [4.69, 9.17) is 0 Å². The van der Waals surface area contributed by atoms with Gasteiger partial charge in [-0.05, 0) is 24.6 Å². The highest BCUT2D eigenvalue weighted by molar-refractivity contribution is 5.85. The monoisotopic (exact) mass is 234 g/mol. The maximum absolute atomic E-state index is 4.15. The third-order valence-corrected chi connectivity index (χ3v) is 2.73.